The molecule has 0 spiro atoms. The monoisotopic (exact) mass is 351 g/mol. The summed E-state index contributed by atoms with van der Waals surface area (Å²) in [5, 5.41) is 11.3. The van der Waals surface area contributed by atoms with Crippen molar-refractivity contribution in [2.45, 2.75) is 18.9 Å². The smallest absolute Gasteiger partial charge is 0.138 e. The molecule has 0 radical (unpaired) electrons. The molecular formula is C18H19Cl2NO2. The minimum atomic E-state index is -0.590. The molecule has 23 heavy (non-hydrogen) atoms. The minimum absolute atomic E-state index is 0.194. The molecule has 1 heterocycles. The van der Waals surface area contributed by atoms with E-state index in [1.807, 2.05) is 6.07 Å². The minimum Gasteiger partial charge on any atom is -0.489 e. The van der Waals surface area contributed by atoms with Gasteiger partial charge >= 0.3 is 0 Å². The molecular weight excluding hydrogens is 333 g/mol. The zero-order chi connectivity index (χ0) is 16.2. The van der Waals surface area contributed by atoms with Gasteiger partial charge in [-0.3, -0.25) is 0 Å². The first-order valence-electron chi connectivity index (χ1n) is 7.72. The van der Waals surface area contributed by atoms with E-state index in [2.05, 4.69) is 23.1 Å². The first-order chi connectivity index (χ1) is 11.1. The van der Waals surface area contributed by atoms with Gasteiger partial charge in [-0.15, -0.1) is 0 Å². The molecule has 1 N–H and O–H groups in total. The third-order valence-corrected chi connectivity index (χ3v) is 4.49. The quantitative estimate of drug-likeness (QED) is 0.876. The van der Waals surface area contributed by atoms with Crippen LogP contribution >= 0.6 is 23.2 Å². The maximum absolute atomic E-state index is 10.3. The fourth-order valence-electron chi connectivity index (χ4n) is 2.89. The van der Waals surface area contributed by atoms with E-state index in [0.717, 1.165) is 19.4 Å². The van der Waals surface area contributed by atoms with Crippen molar-refractivity contribution < 1.29 is 9.84 Å². The summed E-state index contributed by atoms with van der Waals surface area (Å²) in [7, 11) is 0. The number of nitrogens with zero attached hydrogens (tertiary/aromatic N) is 1. The number of anilines is 1. The number of hydrogen-bond acceptors (Lipinski definition) is 3. The van der Waals surface area contributed by atoms with Crippen LogP contribution in [0.1, 0.15) is 12.0 Å². The summed E-state index contributed by atoms with van der Waals surface area (Å²) < 4.78 is 5.62. The highest BCUT2D eigenvalue weighted by Crippen LogP contribution is 2.28. The topological polar surface area (TPSA) is 32.7 Å². The second-order valence-corrected chi connectivity index (χ2v) is 6.56. The van der Waals surface area contributed by atoms with Crippen LogP contribution in [-0.2, 0) is 6.42 Å². The highest BCUT2D eigenvalue weighted by molar-refractivity contribution is 6.35. The number of hydrogen-bond donors (Lipinski definition) is 1. The number of fused-ring (bicyclic) bond motifs is 1. The summed E-state index contributed by atoms with van der Waals surface area (Å²) in [6.07, 6.45) is 1.61. The summed E-state index contributed by atoms with van der Waals surface area (Å²) in [5.41, 5.74) is 2.55. The van der Waals surface area contributed by atoms with E-state index >= 15 is 0 Å². The largest absolute Gasteiger partial charge is 0.489 e. The van der Waals surface area contributed by atoms with Crippen molar-refractivity contribution in [1.29, 1.82) is 0 Å². The van der Waals surface area contributed by atoms with E-state index in [9.17, 15) is 5.11 Å². The van der Waals surface area contributed by atoms with Gasteiger partial charge in [0.05, 0.1) is 5.02 Å². The van der Waals surface area contributed by atoms with E-state index in [4.69, 9.17) is 27.9 Å². The van der Waals surface area contributed by atoms with Gasteiger partial charge in [0, 0.05) is 23.8 Å². The molecule has 0 saturated heterocycles. The molecule has 2 aromatic carbocycles. The molecule has 0 aliphatic carbocycles. The van der Waals surface area contributed by atoms with Crippen LogP contribution in [0.5, 0.6) is 5.75 Å². The summed E-state index contributed by atoms with van der Waals surface area (Å²) in [4.78, 5) is 2.22. The van der Waals surface area contributed by atoms with Crippen molar-refractivity contribution in [3.8, 4) is 5.75 Å². The SMILES string of the molecule is O[C@H](COc1ccc(Cl)cc1Cl)CN1CCCc2ccccc21. The van der Waals surface area contributed by atoms with Crippen LogP contribution in [0.25, 0.3) is 0 Å². The summed E-state index contributed by atoms with van der Waals surface area (Å²) in [6.45, 7) is 1.69. The number of halogens is 2. The molecule has 3 rings (SSSR count). The number of ether oxygens (including phenoxy) is 1. The van der Waals surface area contributed by atoms with Gasteiger partial charge in [-0.05, 0) is 42.7 Å². The number of β-amino-alcohol motifs (C(OH)–C–C–N with tert-alkyl or cyclic N) is 1. The number of aliphatic hydroxyl groups excluding tert-OH is 1. The van der Waals surface area contributed by atoms with Crippen LogP contribution in [0.15, 0.2) is 42.5 Å². The van der Waals surface area contributed by atoms with Gasteiger partial charge < -0.3 is 14.7 Å². The predicted octanol–water partition coefficient (Wildman–Crippen LogP) is 4.19. The Kier molecular flexibility index (Phi) is 5.31. The number of para-hydroxylation sites is 1. The molecule has 0 unspecified atom stereocenters. The van der Waals surface area contributed by atoms with Crippen LogP contribution < -0.4 is 9.64 Å². The Morgan fingerprint density at radius 2 is 2.00 bits per heavy atom. The lowest BCUT2D eigenvalue weighted by atomic mass is 10.0. The van der Waals surface area contributed by atoms with Gasteiger partial charge in [0.25, 0.3) is 0 Å². The molecule has 0 aromatic heterocycles. The van der Waals surface area contributed by atoms with Crippen LogP contribution in [0.4, 0.5) is 5.69 Å². The van der Waals surface area contributed by atoms with E-state index in [-0.39, 0.29) is 6.61 Å². The number of rotatable bonds is 5. The molecule has 0 saturated carbocycles. The molecule has 122 valence electrons. The molecule has 0 bridgehead atoms. The van der Waals surface area contributed by atoms with Crippen molar-refractivity contribution in [2.75, 3.05) is 24.6 Å². The normalized spacial score (nSPS) is 15.2. The van der Waals surface area contributed by atoms with Gasteiger partial charge in [0.1, 0.15) is 18.5 Å². The molecule has 1 atom stereocenters. The van der Waals surface area contributed by atoms with Crippen molar-refractivity contribution >= 4 is 28.9 Å². The van der Waals surface area contributed by atoms with Gasteiger partial charge in [-0.25, -0.2) is 0 Å². The summed E-state index contributed by atoms with van der Waals surface area (Å²) in [6, 6.07) is 13.4. The molecule has 1 aliphatic rings. The van der Waals surface area contributed by atoms with Gasteiger partial charge in [0.15, 0.2) is 0 Å². The summed E-state index contributed by atoms with van der Waals surface area (Å²) in [5.74, 6) is 0.536. The van der Waals surface area contributed by atoms with Crippen molar-refractivity contribution in [1.82, 2.24) is 0 Å². The highest BCUT2D eigenvalue weighted by atomic mass is 35.5. The fourth-order valence-corrected chi connectivity index (χ4v) is 3.35. The second kappa shape index (κ2) is 7.43. The van der Waals surface area contributed by atoms with Crippen LogP contribution in [0.3, 0.4) is 0 Å². The highest BCUT2D eigenvalue weighted by Gasteiger charge is 2.19. The van der Waals surface area contributed by atoms with Crippen molar-refractivity contribution in [2.24, 2.45) is 0 Å². The van der Waals surface area contributed by atoms with Crippen LogP contribution in [0.2, 0.25) is 10.0 Å². The Balaban J connectivity index is 1.59. The Morgan fingerprint density at radius 1 is 1.17 bits per heavy atom. The third kappa shape index (κ3) is 4.11. The van der Waals surface area contributed by atoms with Crippen molar-refractivity contribution in [3.63, 3.8) is 0 Å². The average molecular weight is 352 g/mol. The van der Waals surface area contributed by atoms with E-state index in [0.29, 0.717) is 22.3 Å². The number of aryl methyl sites for hydroxylation is 1. The Morgan fingerprint density at radius 3 is 2.83 bits per heavy atom. The number of aliphatic hydroxyl groups is 1. The lowest BCUT2D eigenvalue weighted by molar-refractivity contribution is 0.112. The van der Waals surface area contributed by atoms with Crippen molar-refractivity contribution in [3.05, 3.63) is 58.1 Å². The predicted molar refractivity (Wildman–Crippen MR) is 94.9 cm³/mol. The maximum atomic E-state index is 10.3. The maximum Gasteiger partial charge on any atom is 0.138 e. The standard InChI is InChI=1S/C18H19Cl2NO2/c19-14-7-8-18(16(20)10-14)23-12-15(22)11-21-9-3-5-13-4-1-2-6-17(13)21/h1-2,4,6-8,10,15,22H,3,5,9,11-12H2/t15-/m0/s1. The lowest BCUT2D eigenvalue weighted by Crippen LogP contribution is -2.38. The molecule has 5 heteroatoms. The lowest BCUT2D eigenvalue weighted by Gasteiger charge is -2.32. The average Bonchev–Trinajstić information content (AvgIpc) is 2.54. The van der Waals surface area contributed by atoms with E-state index in [1.54, 1.807) is 18.2 Å². The van der Waals surface area contributed by atoms with Gasteiger partial charge in [0.2, 0.25) is 0 Å². The van der Waals surface area contributed by atoms with E-state index in [1.165, 1.54) is 11.3 Å². The fraction of sp³-hybridized carbons (Fsp3) is 0.333. The first-order valence-corrected chi connectivity index (χ1v) is 8.48. The molecule has 3 nitrogen and oxygen atoms in total. The van der Waals surface area contributed by atoms with Gasteiger partial charge in [-0.2, -0.15) is 0 Å². The first kappa shape index (κ1) is 16.4. The number of benzene rings is 2. The van der Waals surface area contributed by atoms with Crippen LogP contribution in [0, 0.1) is 0 Å². The van der Waals surface area contributed by atoms with Crippen LogP contribution in [-0.4, -0.2) is 30.9 Å². The Bertz CT molecular complexity index is 678. The van der Waals surface area contributed by atoms with E-state index < -0.39 is 6.10 Å². The second-order valence-electron chi connectivity index (χ2n) is 5.72. The zero-order valence-electron chi connectivity index (χ0n) is 12.7. The third-order valence-electron chi connectivity index (χ3n) is 3.96. The van der Waals surface area contributed by atoms with Gasteiger partial charge in [-0.1, -0.05) is 41.4 Å². The molecule has 2 aromatic rings. The molecule has 1 aliphatic heterocycles. The molecule has 0 fully saturated rings. The molecule has 0 amide bonds. The zero-order valence-corrected chi connectivity index (χ0v) is 14.2. The Labute approximate surface area is 146 Å². The Hall–Kier alpha value is -1.42. The summed E-state index contributed by atoms with van der Waals surface area (Å²) >= 11 is 11.9.